The Bertz CT molecular complexity index is 956. The summed E-state index contributed by atoms with van der Waals surface area (Å²) in [6.07, 6.45) is 0. The summed E-state index contributed by atoms with van der Waals surface area (Å²) in [5.74, 6) is -0.724. The molecule has 0 atom stereocenters. The molecule has 2 rings (SSSR count). The monoisotopic (exact) mass is 407 g/mol. The predicted molar refractivity (Wildman–Crippen MR) is 106 cm³/mol. The molecule has 0 fully saturated rings. The summed E-state index contributed by atoms with van der Waals surface area (Å²) in [6.45, 7) is 3.54. The van der Waals surface area contributed by atoms with Crippen molar-refractivity contribution in [2.75, 3.05) is 22.0 Å². The van der Waals surface area contributed by atoms with Gasteiger partial charge in [-0.3, -0.25) is 14.3 Å². The van der Waals surface area contributed by atoms with Gasteiger partial charge in [0.15, 0.2) is 0 Å². The lowest BCUT2D eigenvalue weighted by Crippen LogP contribution is -2.32. The van der Waals surface area contributed by atoms with Crippen molar-refractivity contribution in [1.82, 2.24) is 0 Å². The van der Waals surface area contributed by atoms with Crippen LogP contribution in [0.25, 0.3) is 0 Å². The summed E-state index contributed by atoms with van der Waals surface area (Å²) in [5, 5.41) is 5.14. The molecular formula is C19H22FN3O4S. The normalized spacial score (nSPS) is 11.6. The van der Waals surface area contributed by atoms with Crippen molar-refractivity contribution >= 4 is 38.9 Å². The van der Waals surface area contributed by atoms with Crippen molar-refractivity contribution in [3.63, 3.8) is 0 Å². The van der Waals surface area contributed by atoms with Gasteiger partial charge in [-0.15, -0.1) is 0 Å². The maximum Gasteiger partial charge on any atom is 0.261 e. The minimum Gasteiger partial charge on any atom is -0.326 e. The van der Waals surface area contributed by atoms with Crippen LogP contribution < -0.4 is 15.4 Å². The number of amides is 2. The van der Waals surface area contributed by atoms with E-state index in [0.717, 1.165) is 0 Å². The topological polar surface area (TPSA) is 104 Å². The third-order valence-corrected chi connectivity index (χ3v) is 5.23. The zero-order chi connectivity index (χ0) is 20.9. The first kappa shape index (κ1) is 21.4. The number of hydrogen-bond donors (Lipinski definition) is 3. The molecule has 2 aromatic rings. The number of anilines is 3. The second kappa shape index (κ2) is 8.39. The van der Waals surface area contributed by atoms with Gasteiger partial charge in [-0.1, -0.05) is 0 Å². The average Bonchev–Trinajstić information content (AvgIpc) is 2.63. The number of benzene rings is 2. The number of nitrogens with one attached hydrogen (secondary N) is 3. The van der Waals surface area contributed by atoms with E-state index in [-0.39, 0.29) is 10.8 Å². The van der Waals surface area contributed by atoms with Crippen LogP contribution in [0.4, 0.5) is 21.5 Å². The molecular weight excluding hydrogens is 385 g/mol. The Balaban J connectivity index is 2.08. The highest BCUT2D eigenvalue weighted by Gasteiger charge is 2.27. The summed E-state index contributed by atoms with van der Waals surface area (Å²) in [5.41, 5.74) is 0.0644. The van der Waals surface area contributed by atoms with Crippen LogP contribution in [0.5, 0.6) is 0 Å². The molecule has 0 unspecified atom stereocenters. The number of carbonyl (C=O) groups excluding carboxylic acids is 2. The van der Waals surface area contributed by atoms with Gasteiger partial charge in [0, 0.05) is 24.0 Å². The van der Waals surface area contributed by atoms with Crippen LogP contribution in [0.15, 0.2) is 53.4 Å². The number of alkyl halides is 1. The van der Waals surface area contributed by atoms with E-state index in [9.17, 15) is 22.4 Å². The van der Waals surface area contributed by atoms with Crippen molar-refractivity contribution < 1.29 is 22.4 Å². The number of carbonyl (C=O) groups is 2. The molecule has 0 radical (unpaired) electrons. The third-order valence-electron chi connectivity index (χ3n) is 3.83. The van der Waals surface area contributed by atoms with Crippen molar-refractivity contribution in [2.45, 2.75) is 25.7 Å². The van der Waals surface area contributed by atoms with Gasteiger partial charge in [0.1, 0.15) is 6.67 Å². The molecule has 0 aromatic heterocycles. The van der Waals surface area contributed by atoms with E-state index in [1.165, 1.54) is 69.3 Å². The smallest absolute Gasteiger partial charge is 0.261 e. The second-order valence-corrected chi connectivity index (χ2v) is 8.54. The van der Waals surface area contributed by atoms with E-state index in [2.05, 4.69) is 15.4 Å². The number of halogens is 1. The molecule has 0 spiro atoms. The largest absolute Gasteiger partial charge is 0.326 e. The molecule has 0 saturated carbocycles. The van der Waals surface area contributed by atoms with Gasteiger partial charge in [0.2, 0.25) is 11.8 Å². The Hall–Kier alpha value is -2.94. The summed E-state index contributed by atoms with van der Waals surface area (Å²) in [4.78, 5) is 23.0. The highest BCUT2D eigenvalue weighted by molar-refractivity contribution is 7.92. The summed E-state index contributed by atoms with van der Waals surface area (Å²) in [6, 6.07) is 11.7. The molecule has 0 aliphatic rings. The lowest BCUT2D eigenvalue weighted by molar-refractivity contribution is -0.124. The number of hydrogen-bond acceptors (Lipinski definition) is 4. The Morgan fingerprint density at radius 1 is 0.893 bits per heavy atom. The summed E-state index contributed by atoms with van der Waals surface area (Å²) in [7, 11) is -3.82. The van der Waals surface area contributed by atoms with E-state index in [1.54, 1.807) is 0 Å². The highest BCUT2D eigenvalue weighted by Crippen LogP contribution is 2.22. The Morgan fingerprint density at radius 3 is 1.86 bits per heavy atom. The molecule has 2 amide bonds. The standard InChI is InChI=1S/C19H22FN3O4S/c1-13(24)21-14-8-10-17(11-9-14)28(26,27)23-16-6-4-15(5-7-16)22-18(25)19(2,3)12-20/h4-11,23H,12H2,1-3H3,(H,21,24)(H,22,25). The Morgan fingerprint density at radius 2 is 1.36 bits per heavy atom. The van der Waals surface area contributed by atoms with Gasteiger partial charge >= 0.3 is 0 Å². The van der Waals surface area contributed by atoms with Crippen molar-refractivity contribution in [1.29, 1.82) is 0 Å². The minimum atomic E-state index is -3.82. The van der Waals surface area contributed by atoms with Crippen molar-refractivity contribution in [2.24, 2.45) is 5.41 Å². The van der Waals surface area contributed by atoms with Gasteiger partial charge in [-0.05, 0) is 62.4 Å². The maximum absolute atomic E-state index is 12.9. The number of rotatable bonds is 7. The van der Waals surface area contributed by atoms with E-state index in [0.29, 0.717) is 17.1 Å². The fraction of sp³-hybridized carbons (Fsp3) is 0.263. The Labute approximate surface area is 163 Å². The van der Waals surface area contributed by atoms with Gasteiger partial charge < -0.3 is 10.6 Å². The molecule has 0 saturated heterocycles. The summed E-state index contributed by atoms with van der Waals surface area (Å²) >= 11 is 0. The van der Waals surface area contributed by atoms with Gasteiger partial charge in [-0.25, -0.2) is 12.8 Å². The van der Waals surface area contributed by atoms with Gasteiger partial charge in [0.05, 0.1) is 10.3 Å². The van der Waals surface area contributed by atoms with E-state index in [1.807, 2.05) is 0 Å². The van der Waals surface area contributed by atoms with Gasteiger partial charge in [-0.2, -0.15) is 0 Å². The quantitative estimate of drug-likeness (QED) is 0.654. The third kappa shape index (κ3) is 5.53. The molecule has 150 valence electrons. The predicted octanol–water partition coefficient (Wildman–Crippen LogP) is 3.38. The van der Waals surface area contributed by atoms with Crippen LogP contribution >= 0.6 is 0 Å². The Kier molecular flexibility index (Phi) is 6.40. The second-order valence-electron chi connectivity index (χ2n) is 6.86. The van der Waals surface area contributed by atoms with Crippen LogP contribution in [0, 0.1) is 5.41 Å². The number of sulfonamides is 1. The molecule has 0 aliphatic heterocycles. The fourth-order valence-electron chi connectivity index (χ4n) is 2.12. The molecule has 0 bridgehead atoms. The van der Waals surface area contributed by atoms with E-state index >= 15 is 0 Å². The first-order valence-corrected chi connectivity index (χ1v) is 9.90. The SMILES string of the molecule is CC(=O)Nc1ccc(S(=O)(=O)Nc2ccc(NC(=O)C(C)(C)CF)cc2)cc1. The lowest BCUT2D eigenvalue weighted by atomic mass is 9.94. The molecule has 7 nitrogen and oxygen atoms in total. The van der Waals surface area contributed by atoms with Crippen molar-refractivity contribution in [3.8, 4) is 0 Å². The first-order valence-electron chi connectivity index (χ1n) is 8.41. The van der Waals surface area contributed by atoms with Crippen LogP contribution in [0.3, 0.4) is 0 Å². The zero-order valence-corrected chi connectivity index (χ0v) is 16.6. The summed E-state index contributed by atoms with van der Waals surface area (Å²) < 4.78 is 40.2. The van der Waals surface area contributed by atoms with Gasteiger partial charge in [0.25, 0.3) is 10.0 Å². The average molecular weight is 407 g/mol. The van der Waals surface area contributed by atoms with Crippen LogP contribution in [0.1, 0.15) is 20.8 Å². The molecule has 3 N–H and O–H groups in total. The molecule has 28 heavy (non-hydrogen) atoms. The van der Waals surface area contributed by atoms with E-state index < -0.39 is 28.0 Å². The zero-order valence-electron chi connectivity index (χ0n) is 15.7. The molecule has 0 heterocycles. The molecule has 2 aromatic carbocycles. The maximum atomic E-state index is 12.9. The fourth-order valence-corrected chi connectivity index (χ4v) is 3.18. The van der Waals surface area contributed by atoms with Crippen molar-refractivity contribution in [3.05, 3.63) is 48.5 Å². The molecule has 0 aliphatic carbocycles. The highest BCUT2D eigenvalue weighted by atomic mass is 32.2. The minimum absolute atomic E-state index is 0.0312. The van der Waals surface area contributed by atoms with Crippen LogP contribution in [-0.4, -0.2) is 26.9 Å². The molecule has 9 heteroatoms. The van der Waals surface area contributed by atoms with Crippen LogP contribution in [0.2, 0.25) is 0 Å². The van der Waals surface area contributed by atoms with E-state index in [4.69, 9.17) is 0 Å². The first-order chi connectivity index (χ1) is 13.0. The lowest BCUT2D eigenvalue weighted by Gasteiger charge is -2.19. The van der Waals surface area contributed by atoms with Crippen LogP contribution in [-0.2, 0) is 19.6 Å².